The monoisotopic (exact) mass is 458 g/mol. The standard InChI is InChI=1S/C18H16Cl2N2O4S2/c1-3-28(24,25)11-5-7-14-13(8-11)21-18(26-14)27-9-15(23)22-17-12(19)6-4-10(2)16(17)20/h4-8H,3,9H2,1-2H3,(H,22,23). The number of hydrogen-bond acceptors (Lipinski definition) is 6. The van der Waals surface area contributed by atoms with Crippen LogP contribution in [0.2, 0.25) is 10.0 Å². The molecule has 148 valence electrons. The fourth-order valence-corrected chi connectivity index (χ4v) is 4.39. The van der Waals surface area contributed by atoms with Crippen LogP contribution >= 0.6 is 35.0 Å². The number of aryl methyl sites for hydroxylation is 1. The Morgan fingerprint density at radius 2 is 2.00 bits per heavy atom. The molecule has 6 nitrogen and oxygen atoms in total. The number of nitrogens with one attached hydrogen (secondary N) is 1. The maximum atomic E-state index is 12.2. The number of nitrogens with zero attached hydrogens (tertiary/aromatic N) is 1. The minimum Gasteiger partial charge on any atom is -0.431 e. The summed E-state index contributed by atoms with van der Waals surface area (Å²) in [5.74, 6) is -0.300. The molecule has 0 radical (unpaired) electrons. The smallest absolute Gasteiger partial charge is 0.257 e. The summed E-state index contributed by atoms with van der Waals surface area (Å²) in [6, 6.07) is 7.93. The van der Waals surface area contributed by atoms with E-state index in [1.807, 2.05) is 6.92 Å². The third kappa shape index (κ3) is 4.46. The van der Waals surface area contributed by atoms with Crippen LogP contribution in [0.15, 0.2) is 44.9 Å². The number of sulfone groups is 1. The van der Waals surface area contributed by atoms with E-state index in [0.717, 1.165) is 17.3 Å². The summed E-state index contributed by atoms with van der Waals surface area (Å²) >= 11 is 13.4. The van der Waals surface area contributed by atoms with Crippen LogP contribution in [0.5, 0.6) is 0 Å². The van der Waals surface area contributed by atoms with Crippen molar-refractivity contribution in [3.63, 3.8) is 0 Å². The Hall–Kier alpha value is -1.74. The number of anilines is 1. The molecule has 1 aromatic heterocycles. The average molecular weight is 459 g/mol. The van der Waals surface area contributed by atoms with Crippen LogP contribution in [0.25, 0.3) is 11.1 Å². The molecule has 0 aliphatic rings. The van der Waals surface area contributed by atoms with E-state index in [0.29, 0.717) is 26.8 Å². The summed E-state index contributed by atoms with van der Waals surface area (Å²) in [4.78, 5) is 16.7. The summed E-state index contributed by atoms with van der Waals surface area (Å²) in [5.41, 5.74) is 2.02. The summed E-state index contributed by atoms with van der Waals surface area (Å²) in [7, 11) is -3.33. The molecule has 28 heavy (non-hydrogen) atoms. The van der Waals surface area contributed by atoms with E-state index in [4.69, 9.17) is 27.6 Å². The number of thioether (sulfide) groups is 1. The average Bonchev–Trinajstić information content (AvgIpc) is 3.08. The summed E-state index contributed by atoms with van der Waals surface area (Å²) in [6.45, 7) is 3.39. The van der Waals surface area contributed by atoms with Gasteiger partial charge in [0.15, 0.2) is 15.4 Å². The summed E-state index contributed by atoms with van der Waals surface area (Å²) in [6.07, 6.45) is 0. The molecule has 10 heteroatoms. The number of fused-ring (bicyclic) bond motifs is 1. The van der Waals surface area contributed by atoms with Crippen molar-refractivity contribution in [2.45, 2.75) is 24.0 Å². The van der Waals surface area contributed by atoms with Crippen LogP contribution in [-0.2, 0) is 14.6 Å². The van der Waals surface area contributed by atoms with E-state index in [9.17, 15) is 13.2 Å². The molecular formula is C18H16Cl2N2O4S2. The van der Waals surface area contributed by atoms with Crippen LogP contribution in [0.3, 0.4) is 0 Å². The van der Waals surface area contributed by atoms with Gasteiger partial charge in [0.25, 0.3) is 5.22 Å². The highest BCUT2D eigenvalue weighted by Crippen LogP contribution is 2.33. The Morgan fingerprint density at radius 3 is 2.71 bits per heavy atom. The van der Waals surface area contributed by atoms with Crippen molar-refractivity contribution in [3.8, 4) is 0 Å². The minimum atomic E-state index is -3.33. The van der Waals surface area contributed by atoms with Crippen LogP contribution < -0.4 is 5.32 Å². The second kappa shape index (κ2) is 8.32. The van der Waals surface area contributed by atoms with Gasteiger partial charge in [-0.05, 0) is 36.8 Å². The Morgan fingerprint density at radius 1 is 1.25 bits per heavy atom. The first kappa shape index (κ1) is 21.0. The first-order valence-corrected chi connectivity index (χ1v) is 11.6. The zero-order chi connectivity index (χ0) is 20.5. The topological polar surface area (TPSA) is 89.3 Å². The highest BCUT2D eigenvalue weighted by atomic mass is 35.5. The van der Waals surface area contributed by atoms with E-state index in [1.54, 1.807) is 25.1 Å². The van der Waals surface area contributed by atoms with Gasteiger partial charge < -0.3 is 9.73 Å². The van der Waals surface area contributed by atoms with Crippen molar-refractivity contribution in [2.24, 2.45) is 0 Å². The molecule has 0 aliphatic carbocycles. The lowest BCUT2D eigenvalue weighted by atomic mass is 10.2. The Labute approximate surface area is 176 Å². The largest absolute Gasteiger partial charge is 0.431 e. The van der Waals surface area contributed by atoms with E-state index in [1.165, 1.54) is 12.1 Å². The fourth-order valence-electron chi connectivity index (χ4n) is 2.38. The van der Waals surface area contributed by atoms with Crippen LogP contribution in [0, 0.1) is 6.92 Å². The van der Waals surface area contributed by atoms with Crippen LogP contribution in [0.1, 0.15) is 12.5 Å². The predicted molar refractivity (Wildman–Crippen MR) is 112 cm³/mol. The summed E-state index contributed by atoms with van der Waals surface area (Å²) in [5, 5.41) is 3.68. The number of carbonyl (C=O) groups is 1. The van der Waals surface area contributed by atoms with E-state index in [2.05, 4.69) is 10.3 Å². The zero-order valence-corrected chi connectivity index (χ0v) is 18.1. The number of oxazole rings is 1. The van der Waals surface area contributed by atoms with Gasteiger partial charge in [0, 0.05) is 0 Å². The van der Waals surface area contributed by atoms with Crippen molar-refractivity contribution in [1.29, 1.82) is 0 Å². The molecule has 0 saturated heterocycles. The number of rotatable bonds is 6. The maximum Gasteiger partial charge on any atom is 0.257 e. The molecule has 3 aromatic rings. The van der Waals surface area contributed by atoms with Gasteiger partial charge in [-0.1, -0.05) is 48.0 Å². The molecule has 1 amide bonds. The number of hydrogen-bond donors (Lipinski definition) is 1. The van der Waals surface area contributed by atoms with Gasteiger partial charge in [-0.2, -0.15) is 0 Å². The van der Waals surface area contributed by atoms with Gasteiger partial charge >= 0.3 is 0 Å². The first-order valence-electron chi connectivity index (χ1n) is 8.22. The minimum absolute atomic E-state index is 0.00220. The van der Waals surface area contributed by atoms with Gasteiger partial charge in [-0.15, -0.1) is 0 Å². The third-order valence-electron chi connectivity index (χ3n) is 3.95. The highest BCUT2D eigenvalue weighted by Gasteiger charge is 2.16. The SMILES string of the molecule is CCS(=O)(=O)c1ccc2oc(SCC(=O)Nc3c(Cl)ccc(C)c3Cl)nc2c1. The number of amides is 1. The van der Waals surface area contributed by atoms with Crippen LogP contribution in [-0.4, -0.2) is 30.8 Å². The second-order valence-electron chi connectivity index (χ2n) is 5.90. The molecule has 0 fully saturated rings. The van der Waals surface area contributed by atoms with E-state index < -0.39 is 9.84 Å². The number of aromatic nitrogens is 1. The van der Waals surface area contributed by atoms with Gasteiger partial charge in [0.05, 0.1) is 32.1 Å². The van der Waals surface area contributed by atoms with E-state index in [-0.39, 0.29) is 27.5 Å². The Balaban J connectivity index is 1.72. The van der Waals surface area contributed by atoms with Crippen molar-refractivity contribution in [1.82, 2.24) is 4.98 Å². The van der Waals surface area contributed by atoms with Gasteiger partial charge in [-0.3, -0.25) is 4.79 Å². The molecule has 0 aliphatic heterocycles. The highest BCUT2D eigenvalue weighted by molar-refractivity contribution is 7.99. The van der Waals surface area contributed by atoms with Gasteiger partial charge in [0.2, 0.25) is 5.91 Å². The lowest BCUT2D eigenvalue weighted by molar-refractivity contribution is -0.113. The molecule has 2 aromatic carbocycles. The van der Waals surface area contributed by atoms with Crippen molar-refractivity contribution in [2.75, 3.05) is 16.8 Å². The molecular weight excluding hydrogens is 443 g/mol. The zero-order valence-electron chi connectivity index (χ0n) is 15.0. The second-order valence-corrected chi connectivity index (χ2v) is 9.89. The Kier molecular flexibility index (Phi) is 6.24. The number of carbonyl (C=O) groups excluding carboxylic acids is 1. The van der Waals surface area contributed by atoms with Crippen molar-refractivity contribution in [3.05, 3.63) is 45.9 Å². The van der Waals surface area contributed by atoms with Crippen molar-refractivity contribution >= 4 is 67.5 Å². The lowest BCUT2D eigenvalue weighted by Crippen LogP contribution is -2.15. The van der Waals surface area contributed by atoms with Crippen molar-refractivity contribution < 1.29 is 17.6 Å². The fraction of sp³-hybridized carbons (Fsp3) is 0.222. The lowest BCUT2D eigenvalue weighted by Gasteiger charge is -2.10. The molecule has 3 rings (SSSR count). The molecule has 1 heterocycles. The molecule has 0 atom stereocenters. The molecule has 1 N–H and O–H groups in total. The predicted octanol–water partition coefficient (Wildman–Crippen LogP) is 4.97. The number of halogens is 2. The number of benzene rings is 2. The van der Waals surface area contributed by atoms with Gasteiger partial charge in [-0.25, -0.2) is 13.4 Å². The molecule has 0 spiro atoms. The first-order chi connectivity index (χ1) is 13.2. The van der Waals surface area contributed by atoms with Crippen LogP contribution in [0.4, 0.5) is 5.69 Å². The van der Waals surface area contributed by atoms with E-state index >= 15 is 0 Å². The third-order valence-corrected chi connectivity index (χ3v) is 7.32. The quantitative estimate of drug-likeness (QED) is 0.524. The molecule has 0 saturated carbocycles. The summed E-state index contributed by atoms with van der Waals surface area (Å²) < 4.78 is 29.5. The van der Waals surface area contributed by atoms with Gasteiger partial charge in [0.1, 0.15) is 5.52 Å². The molecule has 0 bridgehead atoms. The normalized spacial score (nSPS) is 11.7. The Bertz CT molecular complexity index is 1160. The maximum absolute atomic E-state index is 12.2. The molecule has 0 unspecified atom stereocenters.